The number of hydrogen-bond acceptors (Lipinski definition) is 4. The van der Waals surface area contributed by atoms with Crippen molar-refractivity contribution in [3.05, 3.63) is 71.3 Å². The monoisotopic (exact) mass is 349 g/mol. The second-order valence-electron chi connectivity index (χ2n) is 6.25. The molecule has 0 saturated carbocycles. The van der Waals surface area contributed by atoms with Crippen molar-refractivity contribution in [1.29, 1.82) is 0 Å². The largest absolute Gasteiger partial charge is 0.368 e. The van der Waals surface area contributed by atoms with Crippen molar-refractivity contribution in [2.24, 2.45) is 0 Å². The lowest BCUT2D eigenvalue weighted by Gasteiger charge is -2.11. The number of benzene rings is 1. The molecule has 0 unspecified atom stereocenters. The minimum atomic E-state index is -0.0591. The van der Waals surface area contributed by atoms with Crippen molar-refractivity contribution >= 4 is 11.7 Å². The first kappa shape index (κ1) is 17.7. The van der Waals surface area contributed by atoms with Crippen molar-refractivity contribution in [2.45, 2.75) is 20.8 Å². The fourth-order valence-electron chi connectivity index (χ4n) is 2.79. The summed E-state index contributed by atoms with van der Waals surface area (Å²) in [6.45, 7) is 6.92. The van der Waals surface area contributed by atoms with Crippen LogP contribution in [0.5, 0.6) is 0 Å². The summed E-state index contributed by atoms with van der Waals surface area (Å²) < 4.78 is 1.93. The predicted octanol–water partition coefficient (Wildman–Crippen LogP) is 3.03. The molecule has 1 amide bonds. The van der Waals surface area contributed by atoms with E-state index in [9.17, 15) is 4.79 Å². The van der Waals surface area contributed by atoms with Gasteiger partial charge in [-0.05, 0) is 44.5 Å². The first-order chi connectivity index (χ1) is 12.5. The molecule has 26 heavy (non-hydrogen) atoms. The molecule has 0 fully saturated rings. The summed E-state index contributed by atoms with van der Waals surface area (Å²) in [7, 11) is 0. The maximum Gasteiger partial charge on any atom is 0.251 e. The van der Waals surface area contributed by atoms with E-state index in [0.717, 1.165) is 22.8 Å². The summed E-state index contributed by atoms with van der Waals surface area (Å²) in [5.74, 6) is 2.18. The Morgan fingerprint density at radius 1 is 1.04 bits per heavy atom. The summed E-state index contributed by atoms with van der Waals surface area (Å²) in [6, 6.07) is 11.6. The van der Waals surface area contributed by atoms with Crippen molar-refractivity contribution < 1.29 is 4.79 Å². The standard InChI is InChI=1S/C20H23N5O/c1-14-6-7-17(15(2)12-14)20(26)22-9-8-21-18-13-19(24-16(3)23-18)25-10-4-5-11-25/h4-7,10-13H,8-9H2,1-3H3,(H,22,26)(H,21,23,24). The molecule has 0 saturated heterocycles. The highest BCUT2D eigenvalue weighted by molar-refractivity contribution is 5.95. The number of carbonyl (C=O) groups is 1. The topological polar surface area (TPSA) is 71.8 Å². The van der Waals surface area contributed by atoms with Crippen molar-refractivity contribution in [3.63, 3.8) is 0 Å². The molecular formula is C20H23N5O. The molecule has 0 atom stereocenters. The molecule has 2 aromatic heterocycles. The van der Waals surface area contributed by atoms with Crippen LogP contribution in [0.15, 0.2) is 48.8 Å². The van der Waals surface area contributed by atoms with Crippen LogP contribution in [0.25, 0.3) is 5.82 Å². The lowest BCUT2D eigenvalue weighted by molar-refractivity contribution is 0.0954. The number of aromatic nitrogens is 3. The van der Waals surface area contributed by atoms with E-state index in [2.05, 4.69) is 20.6 Å². The summed E-state index contributed by atoms with van der Waals surface area (Å²) in [5.41, 5.74) is 2.85. The zero-order valence-electron chi connectivity index (χ0n) is 15.3. The van der Waals surface area contributed by atoms with Crippen LogP contribution in [-0.4, -0.2) is 33.5 Å². The third-order valence-corrected chi connectivity index (χ3v) is 4.04. The summed E-state index contributed by atoms with van der Waals surface area (Å²) in [6.07, 6.45) is 3.88. The van der Waals surface area contributed by atoms with Crippen LogP contribution in [-0.2, 0) is 0 Å². The van der Waals surface area contributed by atoms with Gasteiger partial charge in [-0.3, -0.25) is 4.79 Å². The van der Waals surface area contributed by atoms with Gasteiger partial charge < -0.3 is 15.2 Å². The molecule has 0 bridgehead atoms. The van der Waals surface area contributed by atoms with E-state index in [1.165, 1.54) is 0 Å². The second-order valence-corrected chi connectivity index (χ2v) is 6.25. The van der Waals surface area contributed by atoms with Crippen LogP contribution in [0, 0.1) is 20.8 Å². The second kappa shape index (κ2) is 7.82. The first-order valence-corrected chi connectivity index (χ1v) is 8.61. The summed E-state index contributed by atoms with van der Waals surface area (Å²) in [5, 5.41) is 6.18. The van der Waals surface area contributed by atoms with Crippen LogP contribution in [0.3, 0.4) is 0 Å². The molecule has 0 spiro atoms. The van der Waals surface area contributed by atoms with Crippen LogP contribution in [0.2, 0.25) is 0 Å². The fourth-order valence-corrected chi connectivity index (χ4v) is 2.79. The smallest absolute Gasteiger partial charge is 0.251 e. The van der Waals surface area contributed by atoms with Gasteiger partial charge in [0.05, 0.1) is 0 Å². The summed E-state index contributed by atoms with van der Waals surface area (Å²) >= 11 is 0. The van der Waals surface area contributed by atoms with Gasteiger partial charge in [-0.1, -0.05) is 17.7 Å². The van der Waals surface area contributed by atoms with Crippen molar-refractivity contribution in [1.82, 2.24) is 19.9 Å². The predicted molar refractivity (Wildman–Crippen MR) is 103 cm³/mol. The average molecular weight is 349 g/mol. The molecule has 3 aromatic rings. The highest BCUT2D eigenvalue weighted by Crippen LogP contribution is 2.12. The highest BCUT2D eigenvalue weighted by Gasteiger charge is 2.08. The zero-order valence-corrected chi connectivity index (χ0v) is 15.3. The molecule has 6 heteroatoms. The van der Waals surface area contributed by atoms with Gasteiger partial charge in [-0.25, -0.2) is 9.97 Å². The highest BCUT2D eigenvalue weighted by atomic mass is 16.1. The molecule has 0 aliphatic heterocycles. The number of anilines is 1. The molecule has 134 valence electrons. The third-order valence-electron chi connectivity index (χ3n) is 4.04. The number of nitrogens with one attached hydrogen (secondary N) is 2. The Kier molecular flexibility index (Phi) is 5.31. The number of hydrogen-bond donors (Lipinski definition) is 2. The van der Waals surface area contributed by atoms with Gasteiger partial charge in [0.2, 0.25) is 0 Å². The van der Waals surface area contributed by atoms with E-state index in [1.54, 1.807) is 0 Å². The van der Waals surface area contributed by atoms with E-state index in [1.807, 2.05) is 74.1 Å². The zero-order chi connectivity index (χ0) is 18.5. The van der Waals surface area contributed by atoms with Gasteiger partial charge in [0.1, 0.15) is 17.5 Å². The Hall–Kier alpha value is -3.15. The molecule has 0 radical (unpaired) electrons. The summed E-state index contributed by atoms with van der Waals surface area (Å²) in [4.78, 5) is 21.1. The van der Waals surface area contributed by atoms with Crippen LogP contribution >= 0.6 is 0 Å². The van der Waals surface area contributed by atoms with Crippen LogP contribution in [0.1, 0.15) is 27.3 Å². The Labute approximate surface area is 153 Å². The van der Waals surface area contributed by atoms with Crippen molar-refractivity contribution in [3.8, 4) is 5.82 Å². The van der Waals surface area contributed by atoms with E-state index in [-0.39, 0.29) is 5.91 Å². The minimum absolute atomic E-state index is 0.0591. The molecular weight excluding hydrogens is 326 g/mol. The number of nitrogens with zero attached hydrogens (tertiary/aromatic N) is 3. The first-order valence-electron chi connectivity index (χ1n) is 8.61. The number of amides is 1. The molecule has 0 aliphatic rings. The van der Waals surface area contributed by atoms with E-state index >= 15 is 0 Å². The Balaban J connectivity index is 1.56. The number of rotatable bonds is 6. The van der Waals surface area contributed by atoms with E-state index in [0.29, 0.717) is 24.5 Å². The maximum absolute atomic E-state index is 12.3. The number of aryl methyl sites for hydroxylation is 3. The third kappa shape index (κ3) is 4.27. The molecule has 2 N–H and O–H groups in total. The van der Waals surface area contributed by atoms with Gasteiger partial charge in [0.25, 0.3) is 5.91 Å². The average Bonchev–Trinajstić information content (AvgIpc) is 3.13. The molecule has 6 nitrogen and oxygen atoms in total. The maximum atomic E-state index is 12.3. The Bertz CT molecular complexity index is 903. The van der Waals surface area contributed by atoms with Gasteiger partial charge >= 0.3 is 0 Å². The number of carbonyl (C=O) groups excluding carboxylic acids is 1. The van der Waals surface area contributed by atoms with Gasteiger partial charge in [0.15, 0.2) is 0 Å². The van der Waals surface area contributed by atoms with Gasteiger partial charge in [-0.2, -0.15) is 0 Å². The molecule has 2 heterocycles. The van der Waals surface area contributed by atoms with Gasteiger partial charge in [-0.15, -0.1) is 0 Å². The SMILES string of the molecule is Cc1ccc(C(=O)NCCNc2cc(-n3cccc3)nc(C)n2)c(C)c1. The molecule has 1 aromatic carbocycles. The van der Waals surface area contributed by atoms with Crippen molar-refractivity contribution in [2.75, 3.05) is 18.4 Å². The van der Waals surface area contributed by atoms with Gasteiger partial charge in [0, 0.05) is 37.1 Å². The van der Waals surface area contributed by atoms with E-state index < -0.39 is 0 Å². The molecule has 0 aliphatic carbocycles. The quantitative estimate of drug-likeness (QED) is 0.671. The Morgan fingerprint density at radius 2 is 1.81 bits per heavy atom. The lowest BCUT2D eigenvalue weighted by atomic mass is 10.1. The Morgan fingerprint density at radius 3 is 2.54 bits per heavy atom. The minimum Gasteiger partial charge on any atom is -0.368 e. The lowest BCUT2D eigenvalue weighted by Crippen LogP contribution is -2.29. The van der Waals surface area contributed by atoms with Crippen LogP contribution < -0.4 is 10.6 Å². The fraction of sp³-hybridized carbons (Fsp3) is 0.250. The normalized spacial score (nSPS) is 10.6. The van der Waals surface area contributed by atoms with Crippen LogP contribution in [0.4, 0.5) is 5.82 Å². The molecule has 3 rings (SSSR count). The van der Waals surface area contributed by atoms with E-state index in [4.69, 9.17) is 0 Å².